The van der Waals surface area contributed by atoms with Crippen molar-refractivity contribution in [1.29, 1.82) is 0 Å². The van der Waals surface area contributed by atoms with E-state index in [-0.39, 0.29) is 6.10 Å². The first-order chi connectivity index (χ1) is 3.39. The molecule has 1 aliphatic carbocycles. The summed E-state index contributed by atoms with van der Waals surface area (Å²) >= 11 is 0. The molecule has 0 saturated heterocycles. The quantitative estimate of drug-likeness (QED) is 0.399. The van der Waals surface area contributed by atoms with Gasteiger partial charge in [0.25, 0.3) is 0 Å². The normalized spacial score (nSPS) is 28.4. The summed E-state index contributed by atoms with van der Waals surface area (Å²) in [6, 6.07) is 0. The van der Waals surface area contributed by atoms with Gasteiger partial charge in [0.05, 0.1) is 0 Å². The molecule has 1 radical (unpaired) electrons. The topological polar surface area (TPSA) is 19.9 Å². The predicted molar refractivity (Wildman–Crippen MR) is 26.1 cm³/mol. The van der Waals surface area contributed by atoms with Crippen LogP contribution in [0.1, 0.15) is 19.3 Å². The Morgan fingerprint density at radius 1 is 1.43 bits per heavy atom. The fourth-order valence-corrected chi connectivity index (χ4v) is 0.610. The van der Waals surface area contributed by atoms with E-state index >= 15 is 0 Å². The summed E-state index contributed by atoms with van der Waals surface area (Å²) in [6.07, 6.45) is 1.75. The van der Waals surface area contributed by atoms with Crippen molar-refractivity contribution in [2.24, 2.45) is 0 Å². The highest BCUT2D eigenvalue weighted by atomic mass is 16.3. The molecule has 0 fully saturated rings. The highest BCUT2D eigenvalue weighted by molar-refractivity contribution is 5.04. The molecule has 0 N–H and O–H groups in total. The lowest BCUT2D eigenvalue weighted by atomic mass is 10.1. The van der Waals surface area contributed by atoms with Gasteiger partial charge in [-0.05, 0) is 6.42 Å². The largest absolute Gasteiger partial charge is 0.232 e. The summed E-state index contributed by atoms with van der Waals surface area (Å²) in [7, 11) is 0. The van der Waals surface area contributed by atoms with Crippen LogP contribution in [0.3, 0.4) is 0 Å². The van der Waals surface area contributed by atoms with Crippen LogP contribution in [0.25, 0.3) is 0 Å². The molecule has 1 aliphatic rings. The van der Waals surface area contributed by atoms with Crippen molar-refractivity contribution in [2.75, 3.05) is 0 Å². The zero-order valence-corrected chi connectivity index (χ0v) is 4.11. The van der Waals surface area contributed by atoms with E-state index in [0.29, 0.717) is 6.42 Å². The van der Waals surface area contributed by atoms with Gasteiger partial charge in [-0.15, -0.1) is 11.8 Å². The first-order valence-electron chi connectivity index (χ1n) is 2.51. The maximum absolute atomic E-state index is 10.4. The number of rotatable bonds is 0. The van der Waals surface area contributed by atoms with Crippen molar-refractivity contribution in [1.82, 2.24) is 0 Å². The monoisotopic (exact) mass is 95.0 g/mol. The third-order valence-electron chi connectivity index (χ3n) is 1.05. The second-order valence-electron chi connectivity index (χ2n) is 1.72. The summed E-state index contributed by atoms with van der Waals surface area (Å²) in [5.74, 6) is 5.64. The molecule has 0 aliphatic heterocycles. The fraction of sp³-hybridized carbons (Fsp3) is 0.667. The van der Waals surface area contributed by atoms with Crippen LogP contribution in [-0.2, 0) is 5.11 Å². The highest BCUT2D eigenvalue weighted by Crippen LogP contribution is 2.04. The van der Waals surface area contributed by atoms with Gasteiger partial charge in [-0.2, -0.15) is 0 Å². The van der Waals surface area contributed by atoms with E-state index in [9.17, 15) is 5.11 Å². The summed E-state index contributed by atoms with van der Waals surface area (Å²) in [5.41, 5.74) is 0. The van der Waals surface area contributed by atoms with E-state index < -0.39 is 0 Å². The van der Waals surface area contributed by atoms with Crippen LogP contribution < -0.4 is 0 Å². The summed E-state index contributed by atoms with van der Waals surface area (Å²) in [5, 5.41) is 10.4. The van der Waals surface area contributed by atoms with E-state index in [4.69, 9.17) is 0 Å². The van der Waals surface area contributed by atoms with Gasteiger partial charge in [-0.3, -0.25) is 0 Å². The molecule has 1 heteroatoms. The average Bonchev–Trinajstić information content (AvgIpc) is 1.69. The first-order valence-corrected chi connectivity index (χ1v) is 2.51. The maximum Gasteiger partial charge on any atom is 0.105 e. The van der Waals surface area contributed by atoms with Crippen LogP contribution in [-0.4, -0.2) is 6.10 Å². The van der Waals surface area contributed by atoms with Crippen LogP contribution in [0.4, 0.5) is 0 Å². The summed E-state index contributed by atoms with van der Waals surface area (Å²) < 4.78 is 0. The molecule has 7 heavy (non-hydrogen) atoms. The molecule has 1 rings (SSSR count). The van der Waals surface area contributed by atoms with Crippen molar-refractivity contribution >= 4 is 0 Å². The SMILES string of the molecule is [O]C1CC#CCC1. The van der Waals surface area contributed by atoms with Crippen LogP contribution in [0.5, 0.6) is 0 Å². The predicted octanol–water partition coefficient (Wildman–Crippen LogP) is 0.973. The second kappa shape index (κ2) is 1.99. The highest BCUT2D eigenvalue weighted by Gasteiger charge is 2.04. The van der Waals surface area contributed by atoms with Gasteiger partial charge >= 0.3 is 0 Å². The van der Waals surface area contributed by atoms with Gasteiger partial charge in [-0.25, -0.2) is 5.11 Å². The molecule has 1 nitrogen and oxygen atoms in total. The number of hydrogen-bond acceptors (Lipinski definition) is 0. The standard InChI is InChI=1S/C6H7O/c7-6-4-2-1-3-5-6/h6H,2,4-5H2. The molecule has 0 aromatic rings. The van der Waals surface area contributed by atoms with Gasteiger partial charge < -0.3 is 0 Å². The van der Waals surface area contributed by atoms with E-state index in [1.807, 2.05) is 0 Å². The van der Waals surface area contributed by atoms with Crippen LogP contribution in [0.2, 0.25) is 0 Å². The molecular weight excluding hydrogens is 88.1 g/mol. The average molecular weight is 95.1 g/mol. The van der Waals surface area contributed by atoms with E-state index in [0.717, 1.165) is 12.8 Å². The Morgan fingerprint density at radius 2 is 2.29 bits per heavy atom. The molecule has 0 amide bonds. The smallest absolute Gasteiger partial charge is 0.105 e. The van der Waals surface area contributed by atoms with Gasteiger partial charge in [0, 0.05) is 12.8 Å². The minimum Gasteiger partial charge on any atom is -0.232 e. The summed E-state index contributed by atoms with van der Waals surface area (Å²) in [4.78, 5) is 0. The molecule has 0 heterocycles. The lowest BCUT2D eigenvalue weighted by Gasteiger charge is -2.02. The van der Waals surface area contributed by atoms with Crippen molar-refractivity contribution in [3.05, 3.63) is 0 Å². The molecule has 0 bridgehead atoms. The molecule has 0 saturated carbocycles. The van der Waals surface area contributed by atoms with Crippen molar-refractivity contribution in [3.63, 3.8) is 0 Å². The van der Waals surface area contributed by atoms with Crippen LogP contribution in [0.15, 0.2) is 0 Å². The minimum atomic E-state index is -0.388. The summed E-state index contributed by atoms with van der Waals surface area (Å²) in [6.45, 7) is 0. The van der Waals surface area contributed by atoms with Crippen molar-refractivity contribution < 1.29 is 5.11 Å². The van der Waals surface area contributed by atoms with Gasteiger partial charge in [0.1, 0.15) is 6.10 Å². The Bertz CT molecular complexity index is 107. The van der Waals surface area contributed by atoms with Gasteiger partial charge in [0.15, 0.2) is 0 Å². The Balaban J connectivity index is 2.39. The van der Waals surface area contributed by atoms with Gasteiger partial charge in [-0.1, -0.05) is 0 Å². The molecule has 0 spiro atoms. The third kappa shape index (κ3) is 1.21. The molecule has 0 aromatic carbocycles. The van der Waals surface area contributed by atoms with E-state index in [1.165, 1.54) is 0 Å². The zero-order chi connectivity index (χ0) is 5.11. The Labute approximate surface area is 43.4 Å². The maximum atomic E-state index is 10.4. The number of hydrogen-bond donors (Lipinski definition) is 0. The van der Waals surface area contributed by atoms with Crippen LogP contribution in [0, 0.1) is 11.8 Å². The van der Waals surface area contributed by atoms with E-state index in [1.54, 1.807) is 0 Å². The minimum absolute atomic E-state index is 0.388. The molecular formula is C6H7O. The van der Waals surface area contributed by atoms with Gasteiger partial charge in [0.2, 0.25) is 0 Å². The fourth-order valence-electron chi connectivity index (χ4n) is 0.610. The lowest BCUT2D eigenvalue weighted by molar-refractivity contribution is 0.0850. The Hall–Kier alpha value is -0.480. The molecule has 37 valence electrons. The Kier molecular flexibility index (Phi) is 1.33. The zero-order valence-electron chi connectivity index (χ0n) is 4.11. The lowest BCUT2D eigenvalue weighted by Crippen LogP contribution is -2.04. The van der Waals surface area contributed by atoms with Crippen LogP contribution >= 0.6 is 0 Å². The van der Waals surface area contributed by atoms with Crippen molar-refractivity contribution in [3.8, 4) is 11.8 Å². The van der Waals surface area contributed by atoms with E-state index in [2.05, 4.69) is 11.8 Å². The Morgan fingerprint density at radius 3 is 2.57 bits per heavy atom. The third-order valence-corrected chi connectivity index (χ3v) is 1.05. The molecule has 1 unspecified atom stereocenters. The first kappa shape index (κ1) is 4.67. The van der Waals surface area contributed by atoms with Crippen molar-refractivity contribution in [2.45, 2.75) is 25.4 Å². The second-order valence-corrected chi connectivity index (χ2v) is 1.72. The molecule has 1 atom stereocenters. The molecule has 0 aromatic heterocycles.